The number of fused-ring (bicyclic) bond motifs is 8. The Hall–Kier alpha value is -5.58. The monoisotopic (exact) mass is 1200 g/mol. The maximum absolute atomic E-state index is 9.24. The largest absolute Gasteiger partial charge is 0.488 e. The maximum Gasteiger partial charge on any atom is 0.488 e. The Morgan fingerprint density at radius 2 is 0.682 bits per heavy atom. The van der Waals surface area contributed by atoms with Crippen LogP contribution in [-0.2, 0) is 0 Å². The van der Waals surface area contributed by atoms with Crippen LogP contribution < -0.4 is 5.46 Å². The lowest BCUT2D eigenvalue weighted by molar-refractivity contribution is 0.426. The fourth-order valence-electron chi connectivity index (χ4n) is 8.77. The van der Waals surface area contributed by atoms with Gasteiger partial charge in [0.2, 0.25) is 0 Å². The molecular formula is C57H43BFI3N2O2. The summed E-state index contributed by atoms with van der Waals surface area (Å²) >= 11 is 7.20. The van der Waals surface area contributed by atoms with Gasteiger partial charge in [-0.25, -0.2) is 0 Å². The molecule has 0 atom stereocenters. The third kappa shape index (κ3) is 8.99. The highest BCUT2D eigenvalue weighted by Gasteiger charge is 2.15. The van der Waals surface area contributed by atoms with Gasteiger partial charge in [0.15, 0.2) is 0 Å². The van der Waals surface area contributed by atoms with Gasteiger partial charge in [-0.2, -0.15) is 0 Å². The van der Waals surface area contributed by atoms with Crippen molar-refractivity contribution in [2.45, 2.75) is 7.43 Å². The first-order valence-electron chi connectivity index (χ1n) is 20.9. The van der Waals surface area contributed by atoms with Crippen LogP contribution in [0.1, 0.15) is 7.43 Å². The normalized spacial score (nSPS) is 10.9. The van der Waals surface area contributed by atoms with Crippen LogP contribution in [0.5, 0.6) is 0 Å². The van der Waals surface area contributed by atoms with E-state index in [1.165, 1.54) is 81.6 Å². The molecule has 0 bridgehead atoms. The van der Waals surface area contributed by atoms with Crippen LogP contribution in [0.25, 0.3) is 87.7 Å². The Balaban J connectivity index is 0.000000144. The molecule has 12 rings (SSSR count). The van der Waals surface area contributed by atoms with Crippen LogP contribution in [0.2, 0.25) is 0 Å². The molecule has 324 valence electrons. The fourth-order valence-corrected chi connectivity index (χ4v) is 11.7. The molecule has 0 saturated carbocycles. The van der Waals surface area contributed by atoms with E-state index >= 15 is 0 Å². The highest BCUT2D eigenvalue weighted by atomic mass is 127. The molecule has 4 nitrogen and oxygen atoms in total. The second kappa shape index (κ2) is 20.5. The van der Waals surface area contributed by atoms with E-state index in [1.807, 2.05) is 36.4 Å². The van der Waals surface area contributed by atoms with E-state index < -0.39 is 7.12 Å². The van der Waals surface area contributed by atoms with E-state index in [4.69, 9.17) is 0 Å². The lowest BCUT2D eigenvalue weighted by Crippen LogP contribution is -2.29. The van der Waals surface area contributed by atoms with Crippen LogP contribution in [0.4, 0.5) is 4.70 Å². The number of halogens is 4. The summed E-state index contributed by atoms with van der Waals surface area (Å²) in [7, 11) is -1.44. The van der Waals surface area contributed by atoms with Gasteiger partial charge in [-0.15, -0.1) is 0 Å². The summed E-state index contributed by atoms with van der Waals surface area (Å²) in [6.45, 7) is 0. The van der Waals surface area contributed by atoms with Crippen molar-refractivity contribution in [2.75, 3.05) is 0 Å². The van der Waals surface area contributed by atoms with Gasteiger partial charge in [0.25, 0.3) is 0 Å². The van der Waals surface area contributed by atoms with Gasteiger partial charge in [0.1, 0.15) is 0 Å². The van der Waals surface area contributed by atoms with Gasteiger partial charge in [-0.1, -0.05) is 159 Å². The first-order valence-corrected chi connectivity index (χ1v) is 24.1. The van der Waals surface area contributed by atoms with E-state index in [0.717, 1.165) is 16.7 Å². The summed E-state index contributed by atoms with van der Waals surface area (Å²) < 4.78 is 8.50. The first-order chi connectivity index (χ1) is 31.4. The molecule has 0 saturated heterocycles. The Labute approximate surface area is 424 Å². The summed E-state index contributed by atoms with van der Waals surface area (Å²) in [5.74, 6) is 0. The van der Waals surface area contributed by atoms with Crippen molar-refractivity contribution in [1.82, 2.24) is 9.13 Å². The van der Waals surface area contributed by atoms with Crippen molar-refractivity contribution >= 4 is 146 Å². The zero-order valence-corrected chi connectivity index (χ0v) is 41.2. The molecule has 0 aliphatic heterocycles. The molecule has 0 aliphatic carbocycles. The predicted octanol–water partition coefficient (Wildman–Crippen LogP) is 15.5. The van der Waals surface area contributed by atoms with E-state index in [9.17, 15) is 10.0 Å². The SMILES string of the molecule is C.F.Ic1cccc2cccc(-c3ccc(-n4c5ccccc5c5ccccc54)cc3)c12.Ic1cccc2cccc(I)c12.OB(O)c1ccc(-n2c3ccccc3c3ccccc32)cc1. The zero-order chi connectivity index (χ0) is 43.7. The van der Waals surface area contributed by atoms with Crippen molar-refractivity contribution in [3.8, 4) is 22.5 Å². The number of para-hydroxylation sites is 4. The summed E-state index contributed by atoms with van der Waals surface area (Å²) in [5.41, 5.74) is 9.97. The van der Waals surface area contributed by atoms with E-state index in [2.05, 4.69) is 247 Å². The van der Waals surface area contributed by atoms with E-state index in [1.54, 1.807) is 12.1 Å². The highest BCUT2D eigenvalue weighted by Crippen LogP contribution is 2.36. The topological polar surface area (TPSA) is 50.3 Å². The third-order valence-corrected chi connectivity index (χ3v) is 14.4. The van der Waals surface area contributed by atoms with Gasteiger partial charge in [0, 0.05) is 54.4 Å². The van der Waals surface area contributed by atoms with Crippen molar-refractivity contribution < 1.29 is 14.8 Å². The standard InChI is InChI=1S/C28H18IN.C18H14BNO2.C10H6I2.CH4.FH/c29-25-12-6-8-20-7-5-11-22(28(20)25)19-15-17-21(18-16-19)30-26-13-3-1-9-23(26)24-10-2-4-14-27(24)30;21-19(22)13-9-11-14(12-10-13)20-17-7-3-1-5-15(17)16-6-2-4-8-18(16)20;11-8-5-1-3-7-4-2-6-9(12)10(7)8;;/h1-18H;1-12,21-22H;1-6H;1H4;1H. The molecule has 0 radical (unpaired) electrons. The molecule has 0 aliphatic rings. The summed E-state index contributed by atoms with van der Waals surface area (Å²) in [6, 6.07) is 76.0. The number of hydrogen-bond acceptors (Lipinski definition) is 2. The van der Waals surface area contributed by atoms with Crippen LogP contribution in [0.15, 0.2) is 218 Å². The molecule has 10 aromatic carbocycles. The Kier molecular flexibility index (Phi) is 14.6. The number of hydrogen-bond donors (Lipinski definition) is 2. The smallest absolute Gasteiger partial charge is 0.423 e. The third-order valence-electron chi connectivity index (χ3n) is 11.7. The summed E-state index contributed by atoms with van der Waals surface area (Å²) in [6.07, 6.45) is 0. The van der Waals surface area contributed by atoms with Crippen LogP contribution in [0.3, 0.4) is 0 Å². The van der Waals surface area contributed by atoms with Crippen LogP contribution in [-0.4, -0.2) is 26.3 Å². The molecule has 0 unspecified atom stereocenters. The van der Waals surface area contributed by atoms with Gasteiger partial charge < -0.3 is 19.2 Å². The van der Waals surface area contributed by atoms with Gasteiger partial charge >= 0.3 is 7.12 Å². The number of rotatable bonds is 4. The molecular weight excluding hydrogens is 1160 g/mol. The van der Waals surface area contributed by atoms with Gasteiger partial charge in [-0.05, 0) is 162 Å². The number of aromatic nitrogens is 2. The molecule has 2 aromatic heterocycles. The van der Waals surface area contributed by atoms with Gasteiger partial charge in [0.05, 0.1) is 22.1 Å². The summed E-state index contributed by atoms with van der Waals surface area (Å²) in [5, 5.41) is 28.8. The molecule has 2 heterocycles. The number of benzene rings is 10. The minimum Gasteiger partial charge on any atom is -0.423 e. The van der Waals surface area contributed by atoms with Crippen molar-refractivity contribution in [3.63, 3.8) is 0 Å². The predicted molar refractivity (Wildman–Crippen MR) is 306 cm³/mol. The molecule has 0 fully saturated rings. The Morgan fingerprint density at radius 3 is 1.06 bits per heavy atom. The lowest BCUT2D eigenvalue weighted by atomic mass is 9.80. The quantitative estimate of drug-likeness (QED) is 0.136. The van der Waals surface area contributed by atoms with Gasteiger partial charge in [-0.3, -0.25) is 4.70 Å². The zero-order valence-electron chi connectivity index (χ0n) is 34.7. The minimum absolute atomic E-state index is 0. The Morgan fingerprint density at radius 1 is 0.348 bits per heavy atom. The molecule has 12 aromatic rings. The van der Waals surface area contributed by atoms with Crippen LogP contribution in [0, 0.1) is 10.7 Å². The second-order valence-electron chi connectivity index (χ2n) is 15.5. The average molecular weight is 1200 g/mol. The molecule has 2 N–H and O–H groups in total. The van der Waals surface area contributed by atoms with Crippen LogP contribution >= 0.6 is 67.8 Å². The number of nitrogens with zero attached hydrogens (tertiary/aromatic N) is 2. The lowest BCUT2D eigenvalue weighted by Gasteiger charge is -2.11. The molecule has 0 amide bonds. The summed E-state index contributed by atoms with van der Waals surface area (Å²) in [4.78, 5) is 0. The minimum atomic E-state index is -1.44. The van der Waals surface area contributed by atoms with E-state index in [0.29, 0.717) is 5.46 Å². The van der Waals surface area contributed by atoms with Crippen molar-refractivity contribution in [1.29, 1.82) is 0 Å². The fraction of sp³-hybridized carbons (Fsp3) is 0.0175. The average Bonchev–Trinajstić information content (AvgIpc) is 3.85. The second-order valence-corrected chi connectivity index (χ2v) is 19.0. The van der Waals surface area contributed by atoms with E-state index in [-0.39, 0.29) is 12.1 Å². The first kappa shape index (κ1) is 46.9. The van der Waals surface area contributed by atoms with Crippen molar-refractivity contribution in [3.05, 3.63) is 229 Å². The Bertz CT molecular complexity index is 3500. The maximum atomic E-state index is 9.24. The molecule has 66 heavy (non-hydrogen) atoms. The highest BCUT2D eigenvalue weighted by molar-refractivity contribution is 14.1. The van der Waals surface area contributed by atoms with Crippen molar-refractivity contribution in [2.24, 2.45) is 0 Å². The molecule has 9 heteroatoms. The molecule has 0 spiro atoms.